The highest BCUT2D eigenvalue weighted by Crippen LogP contribution is 2.25. The second-order valence-electron chi connectivity index (χ2n) is 6.42. The molecule has 100 valence electrons. The zero-order valence-electron chi connectivity index (χ0n) is 12.6. The molecule has 3 rings (SSSR count). The topological polar surface area (TPSA) is 28.7 Å². The highest BCUT2D eigenvalue weighted by Gasteiger charge is 2.14. The monoisotopic (exact) mass is 270 g/mol. The molecular formula is C17H16B2N2. The summed E-state index contributed by atoms with van der Waals surface area (Å²) in [6.45, 7) is 6.60. The quantitative estimate of drug-likeness (QED) is 0.674. The Hall–Kier alpha value is -1.96. The third kappa shape index (κ3) is 2.63. The van der Waals surface area contributed by atoms with E-state index >= 15 is 0 Å². The van der Waals surface area contributed by atoms with Gasteiger partial charge in [0.25, 0.3) is 0 Å². The van der Waals surface area contributed by atoms with Crippen LogP contribution in [0, 0.1) is 0 Å². The van der Waals surface area contributed by atoms with E-state index in [0.717, 1.165) is 22.4 Å². The molecule has 0 atom stereocenters. The molecule has 21 heavy (non-hydrogen) atoms. The molecule has 1 aromatic heterocycles. The Balaban J connectivity index is 2.06. The summed E-state index contributed by atoms with van der Waals surface area (Å²) in [7, 11) is 11.8. The van der Waals surface area contributed by atoms with Gasteiger partial charge in [-0.3, -0.25) is 0 Å². The maximum absolute atomic E-state index is 5.97. The van der Waals surface area contributed by atoms with Crippen molar-refractivity contribution >= 4 is 37.7 Å². The van der Waals surface area contributed by atoms with Crippen LogP contribution in [0.5, 0.6) is 0 Å². The second-order valence-corrected chi connectivity index (χ2v) is 6.42. The van der Waals surface area contributed by atoms with Crippen LogP contribution in [0.4, 0.5) is 0 Å². The lowest BCUT2D eigenvalue weighted by atomic mass is 9.86. The molecule has 0 spiro atoms. The molecule has 3 aromatic rings. The second kappa shape index (κ2) is 4.80. The van der Waals surface area contributed by atoms with Crippen molar-refractivity contribution in [3.8, 4) is 11.4 Å². The lowest BCUT2D eigenvalue weighted by Gasteiger charge is -2.18. The van der Waals surface area contributed by atoms with E-state index in [1.165, 1.54) is 5.56 Å². The molecule has 0 saturated heterocycles. The molecule has 2 nitrogen and oxygen atoms in total. The van der Waals surface area contributed by atoms with Crippen molar-refractivity contribution in [2.24, 2.45) is 0 Å². The summed E-state index contributed by atoms with van der Waals surface area (Å²) >= 11 is 0. The van der Waals surface area contributed by atoms with E-state index in [1.807, 2.05) is 6.07 Å². The van der Waals surface area contributed by atoms with E-state index in [-0.39, 0.29) is 5.41 Å². The summed E-state index contributed by atoms with van der Waals surface area (Å²) in [5.41, 5.74) is 5.34. The number of imidazole rings is 1. The van der Waals surface area contributed by atoms with E-state index in [4.69, 9.17) is 15.7 Å². The number of fused-ring (bicyclic) bond motifs is 1. The van der Waals surface area contributed by atoms with Gasteiger partial charge < -0.3 is 4.98 Å². The van der Waals surface area contributed by atoms with Crippen molar-refractivity contribution in [1.82, 2.24) is 9.97 Å². The lowest BCUT2D eigenvalue weighted by molar-refractivity contribution is 0.590. The summed E-state index contributed by atoms with van der Waals surface area (Å²) in [6.07, 6.45) is 0. The molecule has 1 heterocycles. The predicted molar refractivity (Wildman–Crippen MR) is 91.0 cm³/mol. The summed E-state index contributed by atoms with van der Waals surface area (Å²) in [6, 6.07) is 12.0. The number of hydrogen-bond acceptors (Lipinski definition) is 1. The van der Waals surface area contributed by atoms with Gasteiger partial charge in [0.15, 0.2) is 0 Å². The Morgan fingerprint density at radius 3 is 2.29 bits per heavy atom. The fourth-order valence-electron chi connectivity index (χ4n) is 2.43. The van der Waals surface area contributed by atoms with Crippen LogP contribution in [0.15, 0.2) is 36.4 Å². The Morgan fingerprint density at radius 2 is 1.67 bits per heavy atom. The Labute approximate surface area is 127 Å². The van der Waals surface area contributed by atoms with Gasteiger partial charge in [-0.05, 0) is 17.0 Å². The first kappa shape index (κ1) is 14.0. The predicted octanol–water partition coefficient (Wildman–Crippen LogP) is 2.11. The molecule has 0 aliphatic rings. The van der Waals surface area contributed by atoms with Gasteiger partial charge in [-0.2, -0.15) is 0 Å². The minimum absolute atomic E-state index is 0.144. The molecule has 0 aliphatic heterocycles. The molecule has 0 fully saturated rings. The van der Waals surface area contributed by atoms with E-state index in [0.29, 0.717) is 10.9 Å². The number of H-pyrrole nitrogens is 1. The minimum atomic E-state index is 0.144. The summed E-state index contributed by atoms with van der Waals surface area (Å²) in [5.74, 6) is 0.808. The standard InChI is InChI=1S/C17H16B2N2/c1-17(2,3)11-6-4-10(5-7-11)16-20-14-9-12(18)8-13(19)15(14)21-16/h4-9H,1-3H3,(H,20,21). The summed E-state index contributed by atoms with van der Waals surface area (Å²) < 4.78 is 0. The number of aromatic amines is 1. The average Bonchev–Trinajstić information content (AvgIpc) is 2.82. The Kier molecular flexibility index (Phi) is 3.20. The van der Waals surface area contributed by atoms with Crippen molar-refractivity contribution in [3.05, 3.63) is 42.0 Å². The van der Waals surface area contributed by atoms with Crippen molar-refractivity contribution in [2.45, 2.75) is 26.2 Å². The zero-order chi connectivity index (χ0) is 15.2. The van der Waals surface area contributed by atoms with Crippen LogP contribution in [-0.4, -0.2) is 25.7 Å². The van der Waals surface area contributed by atoms with Crippen molar-refractivity contribution in [2.75, 3.05) is 0 Å². The van der Waals surface area contributed by atoms with E-state index in [1.54, 1.807) is 6.07 Å². The average molecular weight is 270 g/mol. The zero-order valence-corrected chi connectivity index (χ0v) is 12.6. The Morgan fingerprint density at radius 1 is 1.00 bits per heavy atom. The summed E-state index contributed by atoms with van der Waals surface area (Å²) in [4.78, 5) is 7.86. The first-order valence-electron chi connectivity index (χ1n) is 7.00. The maximum Gasteiger partial charge on any atom is 0.138 e. The van der Waals surface area contributed by atoms with E-state index in [9.17, 15) is 0 Å². The van der Waals surface area contributed by atoms with Gasteiger partial charge in [0.2, 0.25) is 0 Å². The number of nitrogens with zero attached hydrogens (tertiary/aromatic N) is 1. The van der Waals surface area contributed by atoms with E-state index in [2.05, 4.69) is 55.0 Å². The van der Waals surface area contributed by atoms with Crippen LogP contribution in [0.1, 0.15) is 26.3 Å². The molecule has 0 amide bonds. The number of rotatable bonds is 1. The van der Waals surface area contributed by atoms with Crippen molar-refractivity contribution in [1.29, 1.82) is 0 Å². The van der Waals surface area contributed by atoms with Crippen LogP contribution in [0.2, 0.25) is 0 Å². The van der Waals surface area contributed by atoms with Gasteiger partial charge in [0.1, 0.15) is 21.5 Å². The van der Waals surface area contributed by atoms with Crippen LogP contribution in [0.25, 0.3) is 22.4 Å². The van der Waals surface area contributed by atoms with Crippen molar-refractivity contribution in [3.63, 3.8) is 0 Å². The molecular weight excluding hydrogens is 254 g/mol. The first-order valence-corrected chi connectivity index (χ1v) is 7.00. The normalized spacial score (nSPS) is 12.0. The molecule has 4 heteroatoms. The van der Waals surface area contributed by atoms with Crippen LogP contribution >= 0.6 is 0 Å². The molecule has 4 radical (unpaired) electrons. The van der Waals surface area contributed by atoms with Gasteiger partial charge in [-0.25, -0.2) is 4.98 Å². The smallest absolute Gasteiger partial charge is 0.138 e. The van der Waals surface area contributed by atoms with Gasteiger partial charge in [0.05, 0.1) is 11.0 Å². The fraction of sp³-hybridized carbons (Fsp3) is 0.235. The third-order valence-electron chi connectivity index (χ3n) is 3.66. The lowest BCUT2D eigenvalue weighted by Crippen LogP contribution is -2.13. The number of nitrogens with one attached hydrogen (secondary N) is 1. The van der Waals surface area contributed by atoms with Crippen LogP contribution in [-0.2, 0) is 5.41 Å². The molecule has 2 aromatic carbocycles. The maximum atomic E-state index is 5.97. The highest BCUT2D eigenvalue weighted by molar-refractivity contribution is 6.42. The van der Waals surface area contributed by atoms with Gasteiger partial charge in [-0.1, -0.05) is 62.0 Å². The van der Waals surface area contributed by atoms with Crippen LogP contribution < -0.4 is 10.9 Å². The molecule has 0 aliphatic carbocycles. The summed E-state index contributed by atoms with van der Waals surface area (Å²) in [5, 5.41) is 0. The first-order chi connectivity index (χ1) is 9.84. The number of hydrogen-bond donors (Lipinski definition) is 1. The molecule has 0 saturated carbocycles. The minimum Gasteiger partial charge on any atom is -0.338 e. The largest absolute Gasteiger partial charge is 0.338 e. The van der Waals surface area contributed by atoms with Gasteiger partial charge in [-0.15, -0.1) is 0 Å². The number of aromatic nitrogens is 2. The number of benzene rings is 2. The van der Waals surface area contributed by atoms with Crippen LogP contribution in [0.3, 0.4) is 0 Å². The van der Waals surface area contributed by atoms with Gasteiger partial charge >= 0.3 is 0 Å². The Bertz CT molecular complexity index is 796. The third-order valence-corrected chi connectivity index (χ3v) is 3.66. The molecule has 1 N–H and O–H groups in total. The highest BCUT2D eigenvalue weighted by atomic mass is 14.9. The fourth-order valence-corrected chi connectivity index (χ4v) is 2.43. The molecule has 0 unspecified atom stereocenters. The van der Waals surface area contributed by atoms with E-state index < -0.39 is 0 Å². The SMILES string of the molecule is [B]c1cc([B])c2nc(-c3ccc(C(C)(C)C)cc3)[nH]c2c1. The molecule has 0 bridgehead atoms. The van der Waals surface area contributed by atoms with Gasteiger partial charge in [0, 0.05) is 5.56 Å². The van der Waals surface area contributed by atoms with Crippen molar-refractivity contribution < 1.29 is 0 Å².